The summed E-state index contributed by atoms with van der Waals surface area (Å²) in [5, 5.41) is 10.3. The third-order valence-corrected chi connectivity index (χ3v) is 4.90. The molecule has 2 fully saturated rings. The molecule has 26 heavy (non-hydrogen) atoms. The van der Waals surface area contributed by atoms with Gasteiger partial charge < -0.3 is 20.1 Å². The highest BCUT2D eigenvalue weighted by Gasteiger charge is 2.42. The number of piperidine rings is 1. The molecule has 2 aliphatic heterocycles. The molecule has 1 aromatic rings. The Labute approximate surface area is 171 Å². The van der Waals surface area contributed by atoms with Crippen molar-refractivity contribution in [2.75, 3.05) is 32.7 Å². The molecule has 0 aliphatic carbocycles. The summed E-state index contributed by atoms with van der Waals surface area (Å²) < 4.78 is 5.13. The number of hydrogen-bond donors (Lipinski definition) is 2. The van der Waals surface area contributed by atoms with Crippen molar-refractivity contribution in [2.45, 2.75) is 46.0 Å². The lowest BCUT2D eigenvalue weighted by Crippen LogP contribution is -2.51. The molecule has 3 heterocycles. The van der Waals surface area contributed by atoms with Crippen LogP contribution in [0, 0.1) is 5.41 Å². The second kappa shape index (κ2) is 9.52. The quantitative estimate of drug-likeness (QED) is 0.379. The zero-order chi connectivity index (χ0) is 17.7. The number of hydrogen-bond acceptors (Lipinski definition) is 5. The number of nitrogens with zero attached hydrogens (tertiary/aromatic N) is 4. The fourth-order valence-corrected chi connectivity index (χ4v) is 3.65. The number of rotatable bonds is 5. The van der Waals surface area contributed by atoms with Crippen LogP contribution >= 0.6 is 24.0 Å². The summed E-state index contributed by atoms with van der Waals surface area (Å²) in [5.74, 6) is 2.46. The van der Waals surface area contributed by atoms with Crippen molar-refractivity contribution < 1.29 is 9.32 Å². The predicted octanol–water partition coefficient (Wildman–Crippen LogP) is 1.36. The third kappa shape index (κ3) is 5.08. The van der Waals surface area contributed by atoms with Crippen LogP contribution in [0.2, 0.25) is 0 Å². The molecule has 1 spiro atoms. The zero-order valence-corrected chi connectivity index (χ0v) is 17.9. The van der Waals surface area contributed by atoms with Crippen LogP contribution in [0.1, 0.15) is 44.8 Å². The van der Waals surface area contributed by atoms with Crippen LogP contribution in [0.5, 0.6) is 0 Å². The summed E-state index contributed by atoms with van der Waals surface area (Å²) in [6.07, 6.45) is 4.23. The van der Waals surface area contributed by atoms with E-state index in [-0.39, 0.29) is 35.3 Å². The summed E-state index contributed by atoms with van der Waals surface area (Å²) in [6.45, 7) is 8.14. The molecule has 0 saturated carbocycles. The Balaban J connectivity index is 0.00000243. The van der Waals surface area contributed by atoms with Gasteiger partial charge in [-0.3, -0.25) is 9.79 Å². The van der Waals surface area contributed by atoms with Crippen molar-refractivity contribution in [3.63, 3.8) is 0 Å². The van der Waals surface area contributed by atoms with Gasteiger partial charge in [-0.1, -0.05) is 12.1 Å². The van der Waals surface area contributed by atoms with E-state index < -0.39 is 0 Å². The standard InChI is InChI=1S/C17H28N6O2.HI/c1-3-15-21-13(22-25-15)6-8-19-16(18-4-2)23-9-5-7-17(12-23)10-14(24)20-11-17;/h3-12H2,1-2H3,(H,18,19)(H,20,24);1H. The van der Waals surface area contributed by atoms with Gasteiger partial charge in [0.05, 0.1) is 0 Å². The molecule has 1 unspecified atom stereocenters. The van der Waals surface area contributed by atoms with Crippen LogP contribution in [0.4, 0.5) is 0 Å². The predicted molar refractivity (Wildman–Crippen MR) is 110 cm³/mol. The van der Waals surface area contributed by atoms with E-state index in [4.69, 9.17) is 9.52 Å². The maximum absolute atomic E-state index is 11.7. The van der Waals surface area contributed by atoms with Gasteiger partial charge in [0.15, 0.2) is 11.8 Å². The van der Waals surface area contributed by atoms with Gasteiger partial charge in [-0.05, 0) is 19.8 Å². The number of aliphatic imine (C=N–C) groups is 1. The Morgan fingerprint density at radius 3 is 2.96 bits per heavy atom. The monoisotopic (exact) mass is 476 g/mol. The first kappa shape index (κ1) is 20.9. The van der Waals surface area contributed by atoms with Crippen molar-refractivity contribution in [1.82, 2.24) is 25.7 Å². The second-order valence-corrected chi connectivity index (χ2v) is 6.92. The van der Waals surface area contributed by atoms with E-state index in [0.29, 0.717) is 31.1 Å². The lowest BCUT2D eigenvalue weighted by atomic mass is 9.79. The van der Waals surface area contributed by atoms with Gasteiger partial charge in [0, 0.05) is 57.4 Å². The molecule has 8 nitrogen and oxygen atoms in total. The van der Waals surface area contributed by atoms with Crippen molar-refractivity contribution in [3.05, 3.63) is 11.7 Å². The van der Waals surface area contributed by atoms with E-state index >= 15 is 0 Å². The lowest BCUT2D eigenvalue weighted by molar-refractivity contribution is -0.119. The minimum absolute atomic E-state index is 0. The van der Waals surface area contributed by atoms with Gasteiger partial charge in [-0.15, -0.1) is 24.0 Å². The van der Waals surface area contributed by atoms with Gasteiger partial charge in [-0.2, -0.15) is 4.98 Å². The van der Waals surface area contributed by atoms with Crippen molar-refractivity contribution in [1.29, 1.82) is 0 Å². The summed E-state index contributed by atoms with van der Waals surface area (Å²) in [6, 6.07) is 0. The van der Waals surface area contributed by atoms with Crippen LogP contribution in [-0.4, -0.2) is 59.6 Å². The Hall–Kier alpha value is -1.39. The normalized spacial score (nSPS) is 23.1. The van der Waals surface area contributed by atoms with Crippen molar-refractivity contribution in [3.8, 4) is 0 Å². The second-order valence-electron chi connectivity index (χ2n) is 6.92. The molecule has 0 radical (unpaired) electrons. The molecule has 1 aromatic heterocycles. The SMILES string of the molecule is CCNC(=NCCc1noc(CC)n1)N1CCCC2(CNC(=O)C2)C1.I. The van der Waals surface area contributed by atoms with E-state index in [2.05, 4.69) is 32.6 Å². The van der Waals surface area contributed by atoms with Crippen LogP contribution in [0.3, 0.4) is 0 Å². The van der Waals surface area contributed by atoms with E-state index in [1.54, 1.807) is 0 Å². The van der Waals surface area contributed by atoms with E-state index in [1.807, 2.05) is 6.92 Å². The highest BCUT2D eigenvalue weighted by molar-refractivity contribution is 14.0. The first-order chi connectivity index (χ1) is 12.1. The fourth-order valence-electron chi connectivity index (χ4n) is 3.65. The molecule has 2 aliphatic rings. The van der Waals surface area contributed by atoms with Crippen LogP contribution in [-0.2, 0) is 17.6 Å². The van der Waals surface area contributed by atoms with Crippen LogP contribution in [0.25, 0.3) is 0 Å². The first-order valence-corrected chi connectivity index (χ1v) is 9.25. The summed E-state index contributed by atoms with van der Waals surface area (Å²) in [4.78, 5) is 23.0. The molecule has 3 rings (SSSR count). The number of likely N-dealkylation sites (tertiary alicyclic amines) is 1. The van der Waals surface area contributed by atoms with Gasteiger partial charge in [0.2, 0.25) is 11.8 Å². The van der Waals surface area contributed by atoms with Crippen molar-refractivity contribution >= 4 is 35.8 Å². The molecular formula is C17H29IN6O2. The van der Waals surface area contributed by atoms with E-state index in [0.717, 1.165) is 51.4 Å². The maximum atomic E-state index is 11.7. The topological polar surface area (TPSA) is 95.7 Å². The number of carbonyl (C=O) groups excluding carboxylic acids is 1. The Morgan fingerprint density at radius 2 is 2.31 bits per heavy atom. The molecule has 146 valence electrons. The van der Waals surface area contributed by atoms with E-state index in [1.165, 1.54) is 0 Å². The van der Waals surface area contributed by atoms with Gasteiger partial charge >= 0.3 is 0 Å². The molecular weight excluding hydrogens is 447 g/mol. The minimum Gasteiger partial charge on any atom is -0.357 e. The Bertz CT molecular complexity index is 635. The van der Waals surface area contributed by atoms with Crippen LogP contribution < -0.4 is 10.6 Å². The number of nitrogens with one attached hydrogen (secondary N) is 2. The lowest BCUT2D eigenvalue weighted by Gasteiger charge is -2.40. The first-order valence-electron chi connectivity index (χ1n) is 9.25. The average Bonchev–Trinajstić information content (AvgIpc) is 3.21. The number of amides is 1. The number of aryl methyl sites for hydroxylation is 1. The van der Waals surface area contributed by atoms with Gasteiger partial charge in [0.1, 0.15) is 0 Å². The van der Waals surface area contributed by atoms with Gasteiger partial charge in [0.25, 0.3) is 0 Å². The highest BCUT2D eigenvalue weighted by Crippen LogP contribution is 2.35. The highest BCUT2D eigenvalue weighted by atomic mass is 127. The number of guanidine groups is 1. The summed E-state index contributed by atoms with van der Waals surface area (Å²) in [5.41, 5.74) is 0.0647. The number of aromatic nitrogens is 2. The Morgan fingerprint density at radius 1 is 1.46 bits per heavy atom. The average molecular weight is 476 g/mol. The Kier molecular flexibility index (Phi) is 7.66. The molecule has 9 heteroatoms. The van der Waals surface area contributed by atoms with Gasteiger partial charge in [-0.25, -0.2) is 0 Å². The zero-order valence-electron chi connectivity index (χ0n) is 15.6. The van der Waals surface area contributed by atoms with Crippen molar-refractivity contribution in [2.24, 2.45) is 10.4 Å². The smallest absolute Gasteiger partial charge is 0.226 e. The maximum Gasteiger partial charge on any atom is 0.226 e. The largest absolute Gasteiger partial charge is 0.357 e. The van der Waals surface area contributed by atoms with Crippen LogP contribution in [0.15, 0.2) is 9.52 Å². The number of halogens is 1. The third-order valence-electron chi connectivity index (χ3n) is 4.90. The van der Waals surface area contributed by atoms with E-state index in [9.17, 15) is 4.79 Å². The molecule has 1 amide bonds. The molecule has 0 aromatic carbocycles. The molecule has 2 saturated heterocycles. The molecule has 0 bridgehead atoms. The molecule has 2 N–H and O–H groups in total. The minimum atomic E-state index is 0. The number of carbonyl (C=O) groups is 1. The summed E-state index contributed by atoms with van der Waals surface area (Å²) >= 11 is 0. The molecule has 1 atom stereocenters. The fraction of sp³-hybridized carbons (Fsp3) is 0.765. The summed E-state index contributed by atoms with van der Waals surface area (Å²) in [7, 11) is 0.